The fraction of sp³-hybridized carbons (Fsp3) is 0.647. The summed E-state index contributed by atoms with van der Waals surface area (Å²) < 4.78 is 5.48. The van der Waals surface area contributed by atoms with Gasteiger partial charge in [-0.25, -0.2) is 0 Å². The molecule has 1 saturated heterocycles. The van der Waals surface area contributed by atoms with Gasteiger partial charge in [0.2, 0.25) is 0 Å². The Morgan fingerprint density at radius 3 is 2.53 bits per heavy atom. The van der Waals surface area contributed by atoms with Gasteiger partial charge in [0.05, 0.1) is 0 Å². The van der Waals surface area contributed by atoms with Gasteiger partial charge in [-0.3, -0.25) is 0 Å². The Labute approximate surface area is 116 Å². The molecule has 0 bridgehead atoms. The second-order valence-corrected chi connectivity index (χ2v) is 6.10. The Balaban J connectivity index is 1.64. The first kappa shape index (κ1) is 13.1. The van der Waals surface area contributed by atoms with Crippen LogP contribution in [0.4, 0.5) is 0 Å². The monoisotopic (exact) mass is 259 g/mol. The summed E-state index contributed by atoms with van der Waals surface area (Å²) in [7, 11) is 2.07. The van der Waals surface area contributed by atoms with Gasteiger partial charge in [-0.15, -0.1) is 0 Å². The van der Waals surface area contributed by atoms with Crippen LogP contribution in [0.5, 0.6) is 0 Å². The largest absolute Gasteiger partial charge is 0.381 e. The van der Waals surface area contributed by atoms with E-state index in [-0.39, 0.29) is 0 Å². The molecule has 1 saturated carbocycles. The van der Waals surface area contributed by atoms with E-state index >= 15 is 0 Å². The molecule has 1 aromatic rings. The van der Waals surface area contributed by atoms with Gasteiger partial charge in [0, 0.05) is 19.3 Å². The van der Waals surface area contributed by atoms with Gasteiger partial charge in [0.25, 0.3) is 0 Å². The summed E-state index contributed by atoms with van der Waals surface area (Å²) in [4.78, 5) is 0. The second kappa shape index (κ2) is 6.06. The van der Waals surface area contributed by atoms with E-state index in [4.69, 9.17) is 4.74 Å². The molecule has 2 atom stereocenters. The van der Waals surface area contributed by atoms with E-state index in [1.807, 2.05) is 0 Å². The summed E-state index contributed by atoms with van der Waals surface area (Å²) in [5.41, 5.74) is 2.96. The van der Waals surface area contributed by atoms with E-state index < -0.39 is 0 Å². The standard InChI is InChI=1S/C17H25NO/c1-18-17(11-13-9-10-19-12-13)16-7-5-15(6-8-16)14-3-2-4-14/h5-8,13-14,17-18H,2-4,9-12H2,1H3. The first-order chi connectivity index (χ1) is 9.36. The molecule has 3 rings (SSSR count). The number of benzene rings is 1. The molecule has 0 spiro atoms. The summed E-state index contributed by atoms with van der Waals surface area (Å²) in [6.07, 6.45) is 6.59. The van der Waals surface area contributed by atoms with E-state index in [1.54, 1.807) is 0 Å². The van der Waals surface area contributed by atoms with Gasteiger partial charge in [-0.2, -0.15) is 0 Å². The Kier molecular flexibility index (Phi) is 4.19. The van der Waals surface area contributed by atoms with E-state index in [2.05, 4.69) is 36.6 Å². The molecule has 0 radical (unpaired) electrons. The molecule has 0 aromatic heterocycles. The van der Waals surface area contributed by atoms with E-state index in [1.165, 1.54) is 43.2 Å². The minimum atomic E-state index is 0.474. The van der Waals surface area contributed by atoms with E-state index in [0.29, 0.717) is 6.04 Å². The van der Waals surface area contributed by atoms with Crippen molar-refractivity contribution >= 4 is 0 Å². The van der Waals surface area contributed by atoms with Gasteiger partial charge in [-0.05, 0) is 55.7 Å². The Hall–Kier alpha value is -0.860. The third kappa shape index (κ3) is 3.01. The Bertz CT molecular complexity index is 390. The SMILES string of the molecule is CNC(CC1CCOC1)c1ccc(C2CCC2)cc1. The molecule has 2 fully saturated rings. The molecule has 104 valence electrons. The molecular weight excluding hydrogens is 234 g/mol. The van der Waals surface area contributed by atoms with Crippen molar-refractivity contribution < 1.29 is 4.74 Å². The lowest BCUT2D eigenvalue weighted by Gasteiger charge is -2.26. The summed E-state index contributed by atoms with van der Waals surface area (Å²) >= 11 is 0. The van der Waals surface area contributed by atoms with Crippen LogP contribution in [0, 0.1) is 5.92 Å². The summed E-state index contributed by atoms with van der Waals surface area (Å²) in [5.74, 6) is 1.56. The maximum absolute atomic E-state index is 5.48. The molecule has 1 heterocycles. The molecular formula is C17H25NO. The van der Waals surface area contributed by atoms with Gasteiger partial charge < -0.3 is 10.1 Å². The molecule has 2 heteroatoms. The van der Waals surface area contributed by atoms with E-state index in [9.17, 15) is 0 Å². The van der Waals surface area contributed by atoms with Crippen LogP contribution < -0.4 is 5.32 Å². The average Bonchev–Trinajstić information content (AvgIpc) is 2.88. The summed E-state index contributed by atoms with van der Waals surface area (Å²) in [6, 6.07) is 9.81. The highest BCUT2D eigenvalue weighted by atomic mass is 16.5. The van der Waals surface area contributed by atoms with Crippen molar-refractivity contribution in [3.05, 3.63) is 35.4 Å². The Morgan fingerprint density at radius 1 is 1.21 bits per heavy atom. The van der Waals surface area contributed by atoms with Crippen LogP contribution in [-0.4, -0.2) is 20.3 Å². The zero-order chi connectivity index (χ0) is 13.1. The highest BCUT2D eigenvalue weighted by molar-refractivity contribution is 5.28. The number of rotatable bonds is 5. The van der Waals surface area contributed by atoms with Crippen molar-refractivity contribution in [3.63, 3.8) is 0 Å². The van der Waals surface area contributed by atoms with Crippen molar-refractivity contribution in [2.45, 2.75) is 44.1 Å². The third-order valence-electron chi connectivity index (χ3n) is 4.86. The number of ether oxygens (including phenoxy) is 1. The third-order valence-corrected chi connectivity index (χ3v) is 4.86. The maximum Gasteiger partial charge on any atom is 0.0495 e. The fourth-order valence-electron chi connectivity index (χ4n) is 3.27. The van der Waals surface area contributed by atoms with Crippen LogP contribution >= 0.6 is 0 Å². The van der Waals surface area contributed by atoms with Gasteiger partial charge in [0.1, 0.15) is 0 Å². The molecule has 1 aromatic carbocycles. The lowest BCUT2D eigenvalue weighted by Crippen LogP contribution is -2.20. The van der Waals surface area contributed by atoms with Crippen molar-refractivity contribution in [1.29, 1.82) is 0 Å². The average molecular weight is 259 g/mol. The molecule has 2 nitrogen and oxygen atoms in total. The summed E-state index contributed by atoms with van der Waals surface area (Å²) in [5, 5.41) is 3.47. The minimum Gasteiger partial charge on any atom is -0.381 e. The van der Waals surface area contributed by atoms with E-state index in [0.717, 1.165) is 25.0 Å². The highest BCUT2D eigenvalue weighted by Crippen LogP contribution is 2.37. The number of hydrogen-bond acceptors (Lipinski definition) is 2. The van der Waals surface area contributed by atoms with Gasteiger partial charge in [0.15, 0.2) is 0 Å². The lowest BCUT2D eigenvalue weighted by molar-refractivity contribution is 0.181. The van der Waals surface area contributed by atoms with Crippen molar-refractivity contribution in [2.75, 3.05) is 20.3 Å². The van der Waals surface area contributed by atoms with Crippen molar-refractivity contribution in [1.82, 2.24) is 5.32 Å². The molecule has 2 unspecified atom stereocenters. The predicted octanol–water partition coefficient (Wildman–Crippen LogP) is 3.64. The maximum atomic E-state index is 5.48. The molecule has 2 aliphatic rings. The van der Waals surface area contributed by atoms with Crippen LogP contribution in [-0.2, 0) is 4.74 Å². The molecule has 1 N–H and O–H groups in total. The zero-order valence-electron chi connectivity index (χ0n) is 11.9. The lowest BCUT2D eigenvalue weighted by atomic mass is 9.79. The number of nitrogens with one attached hydrogen (secondary N) is 1. The quantitative estimate of drug-likeness (QED) is 0.871. The van der Waals surface area contributed by atoms with Gasteiger partial charge >= 0.3 is 0 Å². The Morgan fingerprint density at radius 2 is 2.00 bits per heavy atom. The van der Waals surface area contributed by atoms with Crippen molar-refractivity contribution in [2.24, 2.45) is 5.92 Å². The first-order valence-electron chi connectivity index (χ1n) is 7.71. The topological polar surface area (TPSA) is 21.3 Å². The van der Waals surface area contributed by atoms with Crippen molar-refractivity contribution in [3.8, 4) is 0 Å². The number of hydrogen-bond donors (Lipinski definition) is 1. The second-order valence-electron chi connectivity index (χ2n) is 6.10. The molecule has 19 heavy (non-hydrogen) atoms. The molecule has 1 aliphatic carbocycles. The normalized spacial score (nSPS) is 25.2. The van der Waals surface area contributed by atoms with Crippen LogP contribution in [0.2, 0.25) is 0 Å². The van der Waals surface area contributed by atoms with Gasteiger partial charge in [-0.1, -0.05) is 30.7 Å². The highest BCUT2D eigenvalue weighted by Gasteiger charge is 2.22. The van der Waals surface area contributed by atoms with Crippen LogP contribution in [0.3, 0.4) is 0 Å². The smallest absolute Gasteiger partial charge is 0.0495 e. The molecule has 0 amide bonds. The molecule has 1 aliphatic heterocycles. The minimum absolute atomic E-state index is 0.474. The summed E-state index contributed by atoms with van der Waals surface area (Å²) in [6.45, 7) is 1.89. The fourth-order valence-corrected chi connectivity index (χ4v) is 3.27. The van der Waals surface area contributed by atoms with Crippen LogP contribution in [0.25, 0.3) is 0 Å². The zero-order valence-corrected chi connectivity index (χ0v) is 11.9. The predicted molar refractivity (Wildman–Crippen MR) is 78.4 cm³/mol. The van der Waals surface area contributed by atoms with Crippen LogP contribution in [0.1, 0.15) is 55.2 Å². The first-order valence-corrected chi connectivity index (χ1v) is 7.71. The van der Waals surface area contributed by atoms with Crippen LogP contribution in [0.15, 0.2) is 24.3 Å².